The van der Waals surface area contributed by atoms with Crippen LogP contribution in [-0.2, 0) is 16.0 Å². The maximum Gasteiger partial charge on any atom is 0.337 e. The summed E-state index contributed by atoms with van der Waals surface area (Å²) in [7, 11) is 2.96. The third-order valence-corrected chi connectivity index (χ3v) is 2.09. The van der Waals surface area contributed by atoms with Gasteiger partial charge in [0, 0.05) is 7.11 Å². The molecule has 0 spiro atoms. The second-order valence-electron chi connectivity index (χ2n) is 3.39. The molecule has 1 aromatic carbocycles. The van der Waals surface area contributed by atoms with E-state index in [4.69, 9.17) is 9.47 Å². The van der Waals surface area contributed by atoms with Gasteiger partial charge in [0.05, 0.1) is 7.11 Å². The number of benzene rings is 1. The highest BCUT2D eigenvalue weighted by atomic mass is 16.6. The van der Waals surface area contributed by atoms with Crippen LogP contribution in [-0.4, -0.2) is 26.8 Å². The zero-order chi connectivity index (χ0) is 12.7. The van der Waals surface area contributed by atoms with Crippen molar-refractivity contribution in [2.75, 3.05) is 20.8 Å². The molecule has 0 saturated carbocycles. The van der Waals surface area contributed by atoms with Gasteiger partial charge in [-0.3, -0.25) is 0 Å². The molecule has 0 unspecified atom stereocenters. The molecule has 0 bridgehead atoms. The molecule has 0 aliphatic rings. The highest BCUT2D eigenvalue weighted by molar-refractivity contribution is 5.74. The van der Waals surface area contributed by atoms with Crippen LogP contribution >= 0.6 is 0 Å². The van der Waals surface area contributed by atoms with Crippen LogP contribution in [0.15, 0.2) is 30.9 Å². The second kappa shape index (κ2) is 6.70. The normalized spacial score (nSPS) is 9.76. The second-order valence-corrected chi connectivity index (χ2v) is 3.39. The molecule has 0 radical (unpaired) electrons. The Bertz CT molecular complexity index is 398. The van der Waals surface area contributed by atoms with Gasteiger partial charge in [-0.2, -0.15) is 0 Å². The van der Waals surface area contributed by atoms with Crippen molar-refractivity contribution in [2.24, 2.45) is 0 Å². The van der Waals surface area contributed by atoms with Gasteiger partial charge in [0.15, 0.2) is 11.5 Å². The zero-order valence-corrected chi connectivity index (χ0v) is 10.1. The molecule has 17 heavy (non-hydrogen) atoms. The number of carbonyl (C=O) groups excluding carboxylic acids is 1. The first-order valence-electron chi connectivity index (χ1n) is 5.18. The van der Waals surface area contributed by atoms with E-state index in [0.29, 0.717) is 11.5 Å². The van der Waals surface area contributed by atoms with Gasteiger partial charge >= 0.3 is 5.97 Å². The largest absolute Gasteiger partial charge is 0.493 e. The van der Waals surface area contributed by atoms with E-state index in [1.165, 1.54) is 14.2 Å². The van der Waals surface area contributed by atoms with Crippen molar-refractivity contribution >= 4 is 5.97 Å². The van der Waals surface area contributed by atoms with E-state index in [2.05, 4.69) is 11.3 Å². The van der Waals surface area contributed by atoms with Gasteiger partial charge in [-0.25, -0.2) is 4.79 Å². The average molecular weight is 236 g/mol. The molecule has 0 aliphatic heterocycles. The number of hydrogen-bond acceptors (Lipinski definition) is 4. The van der Waals surface area contributed by atoms with Crippen LogP contribution in [0.5, 0.6) is 11.5 Å². The molecule has 0 heterocycles. The van der Waals surface area contributed by atoms with Crippen molar-refractivity contribution in [3.8, 4) is 11.5 Å². The van der Waals surface area contributed by atoms with E-state index in [9.17, 15) is 4.79 Å². The first kappa shape index (κ1) is 13.3. The minimum Gasteiger partial charge on any atom is -0.493 e. The quantitative estimate of drug-likeness (QED) is 0.430. The van der Waals surface area contributed by atoms with Gasteiger partial charge in [0.1, 0.15) is 6.61 Å². The van der Waals surface area contributed by atoms with Crippen molar-refractivity contribution in [3.05, 3.63) is 36.4 Å². The molecule has 4 heteroatoms. The van der Waals surface area contributed by atoms with E-state index < -0.39 is 5.97 Å². The van der Waals surface area contributed by atoms with Crippen molar-refractivity contribution in [1.29, 1.82) is 0 Å². The smallest absolute Gasteiger partial charge is 0.337 e. The van der Waals surface area contributed by atoms with Crippen molar-refractivity contribution in [2.45, 2.75) is 6.42 Å². The summed E-state index contributed by atoms with van der Waals surface area (Å²) in [5, 5.41) is 0. The first-order chi connectivity index (χ1) is 8.21. The van der Waals surface area contributed by atoms with Crippen LogP contribution in [0.1, 0.15) is 5.56 Å². The molecule has 0 aromatic heterocycles. The number of esters is 1. The number of ether oxygens (including phenoxy) is 3. The Hall–Kier alpha value is -1.81. The van der Waals surface area contributed by atoms with Gasteiger partial charge in [-0.05, 0) is 24.1 Å². The molecule has 0 saturated heterocycles. The fraction of sp³-hybridized carbons (Fsp3) is 0.308. The summed E-state index contributed by atoms with van der Waals surface area (Å²) in [6.07, 6.45) is 2.54. The van der Waals surface area contributed by atoms with Gasteiger partial charge in [-0.1, -0.05) is 12.1 Å². The summed E-state index contributed by atoms with van der Waals surface area (Å²) in [4.78, 5) is 11.3. The lowest BCUT2D eigenvalue weighted by atomic mass is 10.1. The molecule has 0 fully saturated rings. The van der Waals surface area contributed by atoms with Crippen LogP contribution in [0.25, 0.3) is 0 Å². The minimum absolute atomic E-state index is 0.0858. The highest BCUT2D eigenvalue weighted by Gasteiger charge is 2.10. The van der Waals surface area contributed by atoms with E-state index in [0.717, 1.165) is 12.0 Å². The number of rotatable bonds is 6. The number of methoxy groups -OCH3 is 2. The fourth-order valence-electron chi connectivity index (χ4n) is 1.36. The number of allylic oxidation sites excluding steroid dienone is 1. The van der Waals surface area contributed by atoms with E-state index in [-0.39, 0.29) is 6.61 Å². The molecule has 0 amide bonds. The standard InChI is InChI=1S/C13H16O4/c1-4-5-10-6-7-11(12(8-10)16-3)17-13(14)9-15-2/h4,6-8H,1,5,9H2,2-3H3. The van der Waals surface area contributed by atoms with Gasteiger partial charge < -0.3 is 14.2 Å². The summed E-state index contributed by atoms with van der Waals surface area (Å²) in [5.41, 5.74) is 1.04. The molecule has 1 aromatic rings. The van der Waals surface area contributed by atoms with Crippen LogP contribution in [0.2, 0.25) is 0 Å². The lowest BCUT2D eigenvalue weighted by molar-refractivity contribution is -0.138. The van der Waals surface area contributed by atoms with E-state index in [1.807, 2.05) is 12.1 Å². The number of hydrogen-bond donors (Lipinski definition) is 0. The molecule has 4 nitrogen and oxygen atoms in total. The van der Waals surface area contributed by atoms with Crippen LogP contribution in [0.4, 0.5) is 0 Å². The summed E-state index contributed by atoms with van der Waals surface area (Å²) < 4.78 is 14.9. The van der Waals surface area contributed by atoms with Crippen LogP contribution in [0.3, 0.4) is 0 Å². The Morgan fingerprint density at radius 1 is 1.35 bits per heavy atom. The van der Waals surface area contributed by atoms with Crippen molar-refractivity contribution in [3.63, 3.8) is 0 Å². The molecule has 0 N–H and O–H groups in total. The lowest BCUT2D eigenvalue weighted by Crippen LogP contribution is -2.14. The number of carbonyl (C=O) groups is 1. The van der Waals surface area contributed by atoms with Crippen LogP contribution < -0.4 is 9.47 Å². The first-order valence-corrected chi connectivity index (χ1v) is 5.18. The van der Waals surface area contributed by atoms with Gasteiger partial charge in [0.2, 0.25) is 0 Å². The van der Waals surface area contributed by atoms with Crippen molar-refractivity contribution < 1.29 is 19.0 Å². The fourth-order valence-corrected chi connectivity index (χ4v) is 1.36. The maximum absolute atomic E-state index is 11.3. The minimum atomic E-state index is -0.456. The van der Waals surface area contributed by atoms with E-state index >= 15 is 0 Å². The topological polar surface area (TPSA) is 44.8 Å². The Balaban J connectivity index is 2.84. The molecule has 0 aliphatic carbocycles. The third kappa shape index (κ3) is 3.92. The summed E-state index contributed by atoms with van der Waals surface area (Å²) in [6.45, 7) is 3.58. The zero-order valence-electron chi connectivity index (χ0n) is 10.1. The lowest BCUT2D eigenvalue weighted by Gasteiger charge is -2.10. The molecule has 1 rings (SSSR count). The predicted molar refractivity (Wildman–Crippen MR) is 64.4 cm³/mol. The summed E-state index contributed by atoms with van der Waals surface area (Å²) in [6, 6.07) is 5.38. The molecular formula is C13H16O4. The van der Waals surface area contributed by atoms with Crippen molar-refractivity contribution in [1.82, 2.24) is 0 Å². The third-order valence-electron chi connectivity index (χ3n) is 2.09. The Labute approximate surface area is 101 Å². The molecular weight excluding hydrogens is 220 g/mol. The summed E-state index contributed by atoms with van der Waals surface area (Å²) in [5.74, 6) is 0.457. The maximum atomic E-state index is 11.3. The predicted octanol–water partition coefficient (Wildman–Crippen LogP) is 1.98. The SMILES string of the molecule is C=CCc1ccc(OC(=O)COC)c(OC)c1. The van der Waals surface area contributed by atoms with Gasteiger partial charge in [-0.15, -0.1) is 6.58 Å². The highest BCUT2D eigenvalue weighted by Crippen LogP contribution is 2.28. The summed E-state index contributed by atoms with van der Waals surface area (Å²) >= 11 is 0. The van der Waals surface area contributed by atoms with Gasteiger partial charge in [0.25, 0.3) is 0 Å². The van der Waals surface area contributed by atoms with Crippen LogP contribution in [0, 0.1) is 0 Å². The Kier molecular flexibility index (Phi) is 5.23. The molecule has 0 atom stereocenters. The Morgan fingerprint density at radius 2 is 2.12 bits per heavy atom. The van der Waals surface area contributed by atoms with E-state index in [1.54, 1.807) is 12.1 Å². The average Bonchev–Trinajstić information content (AvgIpc) is 2.31. The monoisotopic (exact) mass is 236 g/mol. The molecule has 92 valence electrons. The Morgan fingerprint density at radius 3 is 2.71 bits per heavy atom.